The van der Waals surface area contributed by atoms with Crippen molar-refractivity contribution in [1.29, 1.82) is 0 Å². The lowest BCUT2D eigenvalue weighted by Gasteiger charge is -2.15. The van der Waals surface area contributed by atoms with Gasteiger partial charge in [0.25, 0.3) is 0 Å². The summed E-state index contributed by atoms with van der Waals surface area (Å²) in [6.45, 7) is 4.48. The van der Waals surface area contributed by atoms with Gasteiger partial charge in [0.15, 0.2) is 0 Å². The maximum atomic E-state index is 12.4. The normalized spacial score (nSPS) is 19.4. The first-order chi connectivity index (χ1) is 9.73. The summed E-state index contributed by atoms with van der Waals surface area (Å²) in [4.78, 5) is 12.4. The van der Waals surface area contributed by atoms with Gasteiger partial charge >= 0.3 is 0 Å². The summed E-state index contributed by atoms with van der Waals surface area (Å²) >= 11 is 0. The maximum absolute atomic E-state index is 12.4. The average molecular weight is 274 g/mol. The lowest BCUT2D eigenvalue weighted by Crippen LogP contribution is -2.24. The molecule has 0 bridgehead atoms. The van der Waals surface area contributed by atoms with E-state index in [9.17, 15) is 4.79 Å². The number of anilines is 1. The number of amides is 1. The molecule has 0 atom stereocenters. The number of carbonyl (C=O) groups excluding carboxylic acids is 1. The van der Waals surface area contributed by atoms with Crippen LogP contribution < -0.4 is 15.4 Å². The molecule has 2 aliphatic rings. The molecule has 4 nitrogen and oxygen atoms in total. The molecule has 1 fully saturated rings. The van der Waals surface area contributed by atoms with Crippen LogP contribution in [0.1, 0.15) is 38.2 Å². The van der Waals surface area contributed by atoms with Crippen LogP contribution in [0.15, 0.2) is 18.2 Å². The SMILES string of the molecule is CCCC1(C(=O)Nc2ccc3c(c2)CNCCO3)CC1. The van der Waals surface area contributed by atoms with Gasteiger partial charge in [0.1, 0.15) is 12.4 Å². The van der Waals surface area contributed by atoms with E-state index < -0.39 is 0 Å². The highest BCUT2D eigenvalue weighted by atomic mass is 16.5. The second-order valence-electron chi connectivity index (χ2n) is 5.83. The Kier molecular flexibility index (Phi) is 3.66. The number of fused-ring (bicyclic) bond motifs is 1. The molecule has 0 saturated heterocycles. The largest absolute Gasteiger partial charge is 0.492 e. The molecule has 1 aromatic carbocycles. The van der Waals surface area contributed by atoms with Gasteiger partial charge in [-0.3, -0.25) is 4.79 Å². The molecule has 1 aliphatic carbocycles. The zero-order chi connectivity index (χ0) is 14.0. The molecule has 1 saturated carbocycles. The number of carbonyl (C=O) groups is 1. The van der Waals surface area contributed by atoms with Gasteiger partial charge in [-0.15, -0.1) is 0 Å². The third kappa shape index (κ3) is 2.66. The maximum Gasteiger partial charge on any atom is 0.230 e. The molecule has 1 aliphatic heterocycles. The van der Waals surface area contributed by atoms with Crippen LogP contribution in [0.2, 0.25) is 0 Å². The highest BCUT2D eigenvalue weighted by molar-refractivity contribution is 5.97. The first kappa shape index (κ1) is 13.4. The van der Waals surface area contributed by atoms with Crippen LogP contribution in [0, 0.1) is 5.41 Å². The van der Waals surface area contributed by atoms with Gasteiger partial charge < -0.3 is 15.4 Å². The Balaban J connectivity index is 1.72. The van der Waals surface area contributed by atoms with Gasteiger partial charge in [-0.25, -0.2) is 0 Å². The van der Waals surface area contributed by atoms with Crippen LogP contribution in [-0.4, -0.2) is 19.1 Å². The van der Waals surface area contributed by atoms with E-state index in [1.165, 1.54) is 0 Å². The molecular formula is C16H22N2O2. The molecule has 0 aromatic heterocycles. The lowest BCUT2D eigenvalue weighted by atomic mass is 9.99. The Morgan fingerprint density at radius 2 is 2.30 bits per heavy atom. The zero-order valence-electron chi connectivity index (χ0n) is 12.0. The number of hydrogen-bond donors (Lipinski definition) is 2. The molecule has 0 unspecified atom stereocenters. The third-order valence-corrected chi connectivity index (χ3v) is 4.23. The van der Waals surface area contributed by atoms with Crippen LogP contribution in [0.5, 0.6) is 5.75 Å². The van der Waals surface area contributed by atoms with Crippen LogP contribution in [0.25, 0.3) is 0 Å². The molecule has 0 radical (unpaired) electrons. The zero-order valence-corrected chi connectivity index (χ0v) is 12.0. The summed E-state index contributed by atoms with van der Waals surface area (Å²) in [5.74, 6) is 1.10. The first-order valence-corrected chi connectivity index (χ1v) is 7.51. The fourth-order valence-corrected chi connectivity index (χ4v) is 2.88. The fraction of sp³-hybridized carbons (Fsp3) is 0.562. The molecule has 20 heavy (non-hydrogen) atoms. The van der Waals surface area contributed by atoms with Crippen molar-refractivity contribution in [3.05, 3.63) is 23.8 Å². The Labute approximate surface area is 119 Å². The van der Waals surface area contributed by atoms with E-state index in [-0.39, 0.29) is 11.3 Å². The number of ether oxygens (including phenoxy) is 1. The van der Waals surface area contributed by atoms with Gasteiger partial charge in [-0.05, 0) is 37.5 Å². The monoisotopic (exact) mass is 274 g/mol. The van der Waals surface area contributed by atoms with Crippen molar-refractivity contribution < 1.29 is 9.53 Å². The second-order valence-corrected chi connectivity index (χ2v) is 5.83. The van der Waals surface area contributed by atoms with E-state index in [0.29, 0.717) is 6.61 Å². The summed E-state index contributed by atoms with van der Waals surface area (Å²) in [6, 6.07) is 5.91. The molecule has 0 spiro atoms. The summed E-state index contributed by atoms with van der Waals surface area (Å²) in [7, 11) is 0. The smallest absolute Gasteiger partial charge is 0.230 e. The number of rotatable bonds is 4. The van der Waals surface area contributed by atoms with Crippen molar-refractivity contribution >= 4 is 11.6 Å². The second kappa shape index (κ2) is 5.44. The Morgan fingerprint density at radius 3 is 3.05 bits per heavy atom. The number of benzene rings is 1. The van der Waals surface area contributed by atoms with Gasteiger partial charge in [0.2, 0.25) is 5.91 Å². The lowest BCUT2D eigenvalue weighted by molar-refractivity contribution is -0.121. The highest BCUT2D eigenvalue weighted by Crippen LogP contribution is 2.50. The van der Waals surface area contributed by atoms with E-state index in [1.54, 1.807) is 0 Å². The van der Waals surface area contributed by atoms with Gasteiger partial charge in [-0.1, -0.05) is 13.3 Å². The van der Waals surface area contributed by atoms with Gasteiger partial charge in [0, 0.05) is 29.8 Å². The molecule has 1 aromatic rings. The van der Waals surface area contributed by atoms with Crippen LogP contribution in [0.4, 0.5) is 5.69 Å². The van der Waals surface area contributed by atoms with E-state index >= 15 is 0 Å². The predicted molar refractivity (Wildman–Crippen MR) is 78.8 cm³/mol. The molecule has 108 valence electrons. The summed E-state index contributed by atoms with van der Waals surface area (Å²) in [5, 5.41) is 6.39. The minimum atomic E-state index is -0.0870. The first-order valence-electron chi connectivity index (χ1n) is 7.51. The average Bonchev–Trinajstić information content (AvgIpc) is 3.23. The van der Waals surface area contributed by atoms with Crippen molar-refractivity contribution in [2.45, 2.75) is 39.2 Å². The minimum Gasteiger partial charge on any atom is -0.492 e. The Hall–Kier alpha value is -1.55. The van der Waals surface area contributed by atoms with Crippen molar-refractivity contribution in [3.63, 3.8) is 0 Å². The third-order valence-electron chi connectivity index (χ3n) is 4.23. The highest BCUT2D eigenvalue weighted by Gasteiger charge is 2.48. The Morgan fingerprint density at radius 1 is 1.45 bits per heavy atom. The molecule has 4 heteroatoms. The number of hydrogen-bond acceptors (Lipinski definition) is 3. The molecule has 3 rings (SSSR count). The quantitative estimate of drug-likeness (QED) is 0.887. The van der Waals surface area contributed by atoms with Crippen molar-refractivity contribution in [2.24, 2.45) is 5.41 Å². The van der Waals surface area contributed by atoms with Crippen molar-refractivity contribution in [3.8, 4) is 5.75 Å². The van der Waals surface area contributed by atoms with Gasteiger partial charge in [0.05, 0.1) is 0 Å². The van der Waals surface area contributed by atoms with Crippen molar-refractivity contribution in [2.75, 3.05) is 18.5 Å². The van der Waals surface area contributed by atoms with Gasteiger partial charge in [-0.2, -0.15) is 0 Å². The summed E-state index contributed by atoms with van der Waals surface area (Å²) < 4.78 is 5.65. The summed E-state index contributed by atoms with van der Waals surface area (Å²) in [6.07, 6.45) is 4.12. The minimum absolute atomic E-state index is 0.0870. The summed E-state index contributed by atoms with van der Waals surface area (Å²) in [5.41, 5.74) is 1.90. The van der Waals surface area contributed by atoms with E-state index in [2.05, 4.69) is 17.6 Å². The van der Waals surface area contributed by atoms with E-state index in [0.717, 1.165) is 55.8 Å². The van der Waals surface area contributed by atoms with E-state index in [4.69, 9.17) is 4.74 Å². The fourth-order valence-electron chi connectivity index (χ4n) is 2.88. The molecule has 1 heterocycles. The van der Waals surface area contributed by atoms with E-state index in [1.807, 2.05) is 18.2 Å². The predicted octanol–water partition coefficient (Wildman–Crippen LogP) is 2.69. The Bertz CT molecular complexity index is 509. The molecular weight excluding hydrogens is 252 g/mol. The van der Waals surface area contributed by atoms with Crippen LogP contribution in [-0.2, 0) is 11.3 Å². The standard InChI is InChI=1S/C16H22N2O2/c1-2-5-16(6-7-16)15(19)18-13-3-4-14-12(10-13)11-17-8-9-20-14/h3-4,10,17H,2,5-9,11H2,1H3,(H,18,19). The van der Waals surface area contributed by atoms with Crippen LogP contribution in [0.3, 0.4) is 0 Å². The molecule has 2 N–H and O–H groups in total. The topological polar surface area (TPSA) is 50.4 Å². The van der Waals surface area contributed by atoms with Crippen molar-refractivity contribution in [1.82, 2.24) is 5.32 Å². The van der Waals surface area contributed by atoms with Crippen LogP contribution >= 0.6 is 0 Å². The number of nitrogens with one attached hydrogen (secondary N) is 2. The molecule has 1 amide bonds.